The number of carbonyl (C=O) groups is 1. The molecule has 1 amide bonds. The van der Waals surface area contributed by atoms with Crippen molar-refractivity contribution in [2.75, 3.05) is 37.1 Å². The quantitative estimate of drug-likeness (QED) is 0.552. The molecule has 0 bridgehead atoms. The van der Waals surface area contributed by atoms with Gasteiger partial charge in [0.2, 0.25) is 0 Å². The van der Waals surface area contributed by atoms with Gasteiger partial charge in [-0.1, -0.05) is 0 Å². The summed E-state index contributed by atoms with van der Waals surface area (Å²) in [6.07, 6.45) is 1.77. The number of hydrogen-bond acceptors (Lipinski definition) is 5. The number of rotatable bonds is 7. The number of benzene rings is 2. The maximum Gasteiger partial charge on any atom is 0.281 e. The van der Waals surface area contributed by atoms with Crippen LogP contribution in [0.15, 0.2) is 48.2 Å². The van der Waals surface area contributed by atoms with Gasteiger partial charge < -0.3 is 19.7 Å². The third-order valence-electron chi connectivity index (χ3n) is 4.85. The molecule has 0 radical (unpaired) electrons. The lowest BCUT2D eigenvalue weighted by atomic mass is 10.1. The maximum absolute atomic E-state index is 13.0. The average molecular weight is 412 g/mol. The Balaban J connectivity index is 1.90. The third-order valence-corrected chi connectivity index (χ3v) is 5.14. The Morgan fingerprint density at radius 3 is 2.34 bits per heavy atom. The summed E-state index contributed by atoms with van der Waals surface area (Å²) in [6.45, 7) is 6.04. The number of nitrogens with one attached hydrogen (secondary N) is 1. The zero-order valence-corrected chi connectivity index (χ0v) is 17.9. The first-order valence-electron chi connectivity index (χ1n) is 9.46. The fraction of sp³-hybridized carbons (Fsp3) is 0.273. The van der Waals surface area contributed by atoms with Gasteiger partial charge in [-0.15, -0.1) is 0 Å². The number of amides is 1. The topological polar surface area (TPSA) is 54.0 Å². The first-order valence-corrected chi connectivity index (χ1v) is 9.87. The second-order valence-electron chi connectivity index (χ2n) is 6.43. The fourth-order valence-corrected chi connectivity index (χ4v) is 3.56. The summed E-state index contributed by atoms with van der Waals surface area (Å²) in [7, 11) is 3.23. The number of methoxy groups -OCH3 is 2. The molecular weight excluding hydrogens is 386 g/mol. The van der Waals surface area contributed by atoms with Crippen molar-refractivity contribution in [3.63, 3.8) is 0 Å². The van der Waals surface area contributed by atoms with E-state index in [1.54, 1.807) is 44.6 Å². The molecule has 6 nitrogen and oxygen atoms in total. The lowest BCUT2D eigenvalue weighted by molar-refractivity contribution is -0.113. The van der Waals surface area contributed by atoms with Crippen LogP contribution < -0.4 is 24.6 Å². The standard InChI is InChI=1S/C22H25N3O3S/c1-5-24(6-2)17-8-7-15(20(14-17)28-4)13-19-21(26)25(22(29)23-19)16-9-11-18(27-3)12-10-16/h7-14H,5-6H2,1-4H3,(H,23,29). The van der Waals surface area contributed by atoms with Crippen molar-refractivity contribution in [2.24, 2.45) is 0 Å². The van der Waals surface area contributed by atoms with E-state index >= 15 is 0 Å². The molecule has 0 spiro atoms. The molecule has 1 N–H and O–H groups in total. The lowest BCUT2D eigenvalue weighted by Crippen LogP contribution is -2.30. The largest absolute Gasteiger partial charge is 0.497 e. The van der Waals surface area contributed by atoms with Gasteiger partial charge in [0.1, 0.15) is 17.2 Å². The summed E-state index contributed by atoms with van der Waals surface area (Å²) in [6, 6.07) is 13.1. The number of carbonyl (C=O) groups excluding carboxylic acids is 1. The van der Waals surface area contributed by atoms with Crippen LogP contribution in [0, 0.1) is 0 Å². The van der Waals surface area contributed by atoms with E-state index in [4.69, 9.17) is 21.7 Å². The summed E-state index contributed by atoms with van der Waals surface area (Å²) in [5.74, 6) is 1.20. The smallest absolute Gasteiger partial charge is 0.281 e. The van der Waals surface area contributed by atoms with Crippen LogP contribution in [0.1, 0.15) is 19.4 Å². The Bertz CT molecular complexity index is 937. The molecule has 2 aromatic carbocycles. The Hall–Kier alpha value is -3.06. The van der Waals surface area contributed by atoms with E-state index in [-0.39, 0.29) is 5.91 Å². The van der Waals surface area contributed by atoms with E-state index < -0.39 is 0 Å². The molecule has 152 valence electrons. The normalized spacial score (nSPS) is 14.9. The predicted octanol–water partition coefficient (Wildman–Crippen LogP) is 3.81. The fourth-order valence-electron chi connectivity index (χ4n) is 3.26. The Labute approximate surface area is 176 Å². The van der Waals surface area contributed by atoms with Crippen LogP contribution in [0.4, 0.5) is 11.4 Å². The van der Waals surface area contributed by atoms with Crippen molar-refractivity contribution >= 4 is 40.7 Å². The SMILES string of the molecule is CCN(CC)c1ccc(C=C2NC(=S)N(c3ccc(OC)cc3)C2=O)c(OC)c1. The summed E-state index contributed by atoms with van der Waals surface area (Å²) in [5.41, 5.74) is 2.97. The molecule has 1 aliphatic heterocycles. The molecule has 0 aromatic heterocycles. The predicted molar refractivity (Wildman–Crippen MR) is 121 cm³/mol. The lowest BCUT2D eigenvalue weighted by Gasteiger charge is -2.22. The number of hydrogen-bond donors (Lipinski definition) is 1. The summed E-state index contributed by atoms with van der Waals surface area (Å²) < 4.78 is 10.7. The maximum atomic E-state index is 13.0. The van der Waals surface area contributed by atoms with E-state index in [1.165, 1.54) is 4.90 Å². The highest BCUT2D eigenvalue weighted by Crippen LogP contribution is 2.29. The third kappa shape index (κ3) is 4.19. The molecule has 0 aliphatic carbocycles. The van der Waals surface area contributed by atoms with Gasteiger partial charge in [-0.25, -0.2) is 0 Å². The van der Waals surface area contributed by atoms with Gasteiger partial charge in [0, 0.05) is 30.4 Å². The Kier molecular flexibility index (Phi) is 6.39. The van der Waals surface area contributed by atoms with Gasteiger partial charge in [0.25, 0.3) is 5.91 Å². The average Bonchev–Trinajstić information content (AvgIpc) is 3.02. The monoisotopic (exact) mass is 411 g/mol. The molecule has 1 heterocycles. The molecule has 0 unspecified atom stereocenters. The molecule has 3 rings (SSSR count). The van der Waals surface area contributed by atoms with Gasteiger partial charge in [-0.3, -0.25) is 9.69 Å². The minimum atomic E-state index is -0.213. The first kappa shape index (κ1) is 20.7. The van der Waals surface area contributed by atoms with Gasteiger partial charge in [-0.05, 0) is 68.5 Å². The van der Waals surface area contributed by atoms with Crippen LogP contribution in [0.3, 0.4) is 0 Å². The zero-order chi connectivity index (χ0) is 21.0. The van der Waals surface area contributed by atoms with Crippen LogP contribution in [-0.2, 0) is 4.79 Å². The second-order valence-corrected chi connectivity index (χ2v) is 6.81. The van der Waals surface area contributed by atoms with Crippen molar-refractivity contribution < 1.29 is 14.3 Å². The number of ether oxygens (including phenoxy) is 2. The van der Waals surface area contributed by atoms with Crippen LogP contribution in [0.2, 0.25) is 0 Å². The molecule has 1 aliphatic rings. The van der Waals surface area contributed by atoms with E-state index in [1.807, 2.05) is 18.2 Å². The number of thiocarbonyl (C=S) groups is 1. The molecule has 2 aromatic rings. The van der Waals surface area contributed by atoms with Crippen molar-refractivity contribution in [1.82, 2.24) is 5.32 Å². The van der Waals surface area contributed by atoms with Crippen molar-refractivity contribution in [1.29, 1.82) is 0 Å². The van der Waals surface area contributed by atoms with Gasteiger partial charge in [-0.2, -0.15) is 0 Å². The summed E-state index contributed by atoms with van der Waals surface area (Å²) in [5, 5.41) is 3.35. The van der Waals surface area contributed by atoms with E-state index in [2.05, 4.69) is 24.1 Å². The molecule has 0 atom stereocenters. The highest BCUT2D eigenvalue weighted by atomic mass is 32.1. The van der Waals surface area contributed by atoms with Crippen molar-refractivity contribution in [3.8, 4) is 11.5 Å². The second kappa shape index (κ2) is 8.96. The molecule has 1 fully saturated rings. The van der Waals surface area contributed by atoms with Gasteiger partial charge in [0.05, 0.1) is 19.9 Å². The van der Waals surface area contributed by atoms with Gasteiger partial charge in [0.15, 0.2) is 5.11 Å². The van der Waals surface area contributed by atoms with E-state index in [9.17, 15) is 4.79 Å². The van der Waals surface area contributed by atoms with Crippen LogP contribution in [0.25, 0.3) is 6.08 Å². The van der Waals surface area contributed by atoms with E-state index in [0.29, 0.717) is 28.0 Å². The summed E-state index contributed by atoms with van der Waals surface area (Å²) >= 11 is 5.39. The Morgan fingerprint density at radius 2 is 1.76 bits per heavy atom. The van der Waals surface area contributed by atoms with Crippen molar-refractivity contribution in [2.45, 2.75) is 13.8 Å². The Morgan fingerprint density at radius 1 is 1.07 bits per heavy atom. The van der Waals surface area contributed by atoms with Crippen LogP contribution >= 0.6 is 12.2 Å². The highest BCUT2D eigenvalue weighted by Gasteiger charge is 2.32. The molecule has 29 heavy (non-hydrogen) atoms. The molecule has 0 saturated carbocycles. The molecule has 7 heteroatoms. The zero-order valence-electron chi connectivity index (χ0n) is 17.1. The molecular formula is C22H25N3O3S. The minimum Gasteiger partial charge on any atom is -0.497 e. The molecule has 1 saturated heterocycles. The van der Waals surface area contributed by atoms with Crippen LogP contribution in [-0.4, -0.2) is 38.3 Å². The van der Waals surface area contributed by atoms with Crippen LogP contribution in [0.5, 0.6) is 11.5 Å². The van der Waals surface area contributed by atoms with E-state index in [0.717, 1.165) is 24.3 Å². The number of nitrogens with zero attached hydrogens (tertiary/aromatic N) is 2. The van der Waals surface area contributed by atoms with Crippen molar-refractivity contribution in [3.05, 3.63) is 53.7 Å². The van der Waals surface area contributed by atoms with Gasteiger partial charge >= 0.3 is 0 Å². The first-order chi connectivity index (χ1) is 14.0. The highest BCUT2D eigenvalue weighted by molar-refractivity contribution is 7.80. The minimum absolute atomic E-state index is 0.213. The number of anilines is 2. The summed E-state index contributed by atoms with van der Waals surface area (Å²) in [4.78, 5) is 16.7.